The summed E-state index contributed by atoms with van der Waals surface area (Å²) in [6, 6.07) is 21.2. The maximum absolute atomic E-state index is 13.7. The van der Waals surface area contributed by atoms with E-state index in [4.69, 9.17) is 0 Å². The van der Waals surface area contributed by atoms with Crippen LogP contribution in [-0.2, 0) is 18.7 Å². The van der Waals surface area contributed by atoms with Gasteiger partial charge in [0, 0.05) is 23.7 Å². The summed E-state index contributed by atoms with van der Waals surface area (Å²) >= 11 is 3.91. The molecule has 1 heterocycles. The molecule has 1 saturated heterocycles. The van der Waals surface area contributed by atoms with Crippen molar-refractivity contribution in [1.29, 1.82) is 0 Å². The first kappa shape index (κ1) is 21.7. The fraction of sp³-hybridized carbons (Fsp3) is 0.192. The standard InChI is InChI=1S/C26H18BrN3O5/c27-26-18-10-3-1-8-16(18)21(17-9-2-4-11-19(17)26)22-23(26)25(33)29(24(22)32)13-20(31)28-14-6-5-7-15(12-14)30(34)35/h1-12,21-23H,13H2,(H,28,31)/t21?,22-,23-,26?/m1/s1. The lowest BCUT2D eigenvalue weighted by molar-refractivity contribution is -0.384. The number of nitro benzene ring substituents is 1. The van der Waals surface area contributed by atoms with Crippen molar-refractivity contribution in [3.8, 4) is 0 Å². The van der Waals surface area contributed by atoms with Crippen LogP contribution in [0.5, 0.6) is 0 Å². The molecule has 2 bridgehead atoms. The van der Waals surface area contributed by atoms with Crippen LogP contribution >= 0.6 is 15.9 Å². The van der Waals surface area contributed by atoms with E-state index in [9.17, 15) is 24.5 Å². The third-order valence-corrected chi connectivity index (χ3v) is 8.60. The fourth-order valence-electron chi connectivity index (χ4n) is 5.94. The highest BCUT2D eigenvalue weighted by Crippen LogP contribution is 2.66. The molecular formula is C26H18BrN3O5. The SMILES string of the molecule is O=C(CN1C(=O)[C@@H]2C3c4ccccc4C(Br)(c4ccccc43)[C@H]2C1=O)Nc1cccc([N+](=O)[O-])c1. The van der Waals surface area contributed by atoms with Crippen LogP contribution in [-0.4, -0.2) is 34.1 Å². The first-order valence-corrected chi connectivity index (χ1v) is 11.9. The number of nitrogens with one attached hydrogen (secondary N) is 1. The Hall–Kier alpha value is -3.85. The van der Waals surface area contributed by atoms with Crippen molar-refractivity contribution in [2.75, 3.05) is 11.9 Å². The molecule has 3 aromatic carbocycles. The number of nitro groups is 1. The number of alkyl halides is 1. The molecule has 35 heavy (non-hydrogen) atoms. The van der Waals surface area contributed by atoms with Gasteiger partial charge in [-0.1, -0.05) is 70.5 Å². The Morgan fingerprint density at radius 2 is 1.60 bits per heavy atom. The van der Waals surface area contributed by atoms with Crippen molar-refractivity contribution in [2.24, 2.45) is 11.8 Å². The molecule has 0 unspecified atom stereocenters. The topological polar surface area (TPSA) is 110 Å². The molecule has 1 aliphatic heterocycles. The van der Waals surface area contributed by atoms with E-state index < -0.39 is 39.4 Å². The summed E-state index contributed by atoms with van der Waals surface area (Å²) < 4.78 is -0.877. The summed E-state index contributed by atoms with van der Waals surface area (Å²) in [5.41, 5.74) is 4.00. The Morgan fingerprint density at radius 3 is 2.23 bits per heavy atom. The van der Waals surface area contributed by atoms with E-state index in [0.717, 1.165) is 27.2 Å². The third-order valence-electron chi connectivity index (χ3n) is 7.25. The number of non-ortho nitro benzene ring substituents is 1. The fourth-order valence-corrected chi connectivity index (χ4v) is 7.14. The van der Waals surface area contributed by atoms with Gasteiger partial charge >= 0.3 is 0 Å². The number of hydrogen-bond acceptors (Lipinski definition) is 5. The Labute approximate surface area is 208 Å². The Kier molecular flexibility index (Phi) is 4.69. The Morgan fingerprint density at radius 1 is 0.971 bits per heavy atom. The zero-order chi connectivity index (χ0) is 24.5. The van der Waals surface area contributed by atoms with Crippen LogP contribution in [0.1, 0.15) is 28.2 Å². The summed E-state index contributed by atoms with van der Waals surface area (Å²) in [6.45, 7) is -0.462. The van der Waals surface area contributed by atoms with Crippen LogP contribution in [0.2, 0.25) is 0 Å². The van der Waals surface area contributed by atoms with E-state index in [1.807, 2.05) is 48.5 Å². The first-order valence-electron chi connectivity index (χ1n) is 11.1. The summed E-state index contributed by atoms with van der Waals surface area (Å²) in [5, 5.41) is 13.6. The van der Waals surface area contributed by atoms with Gasteiger partial charge in [0.05, 0.1) is 21.1 Å². The number of halogens is 1. The second kappa shape index (κ2) is 7.58. The molecule has 3 amide bonds. The maximum atomic E-state index is 13.7. The lowest BCUT2D eigenvalue weighted by Crippen LogP contribution is -2.50. The third kappa shape index (κ3) is 2.94. The molecule has 0 spiro atoms. The molecule has 0 saturated carbocycles. The largest absolute Gasteiger partial charge is 0.324 e. The van der Waals surface area contributed by atoms with Gasteiger partial charge in [-0.3, -0.25) is 29.4 Å². The van der Waals surface area contributed by atoms with Crippen molar-refractivity contribution in [2.45, 2.75) is 10.2 Å². The first-order chi connectivity index (χ1) is 16.8. The minimum Gasteiger partial charge on any atom is -0.324 e. The van der Waals surface area contributed by atoms with Crippen molar-refractivity contribution in [1.82, 2.24) is 4.90 Å². The van der Waals surface area contributed by atoms with Gasteiger partial charge in [-0.15, -0.1) is 0 Å². The molecule has 0 aromatic heterocycles. The van der Waals surface area contributed by atoms with Crippen LogP contribution in [0.15, 0.2) is 72.8 Å². The lowest BCUT2D eigenvalue weighted by Gasteiger charge is -2.51. The van der Waals surface area contributed by atoms with Gasteiger partial charge in [-0.05, 0) is 28.3 Å². The highest BCUT2D eigenvalue weighted by atomic mass is 79.9. The average Bonchev–Trinajstić information content (AvgIpc) is 3.10. The van der Waals surface area contributed by atoms with E-state index >= 15 is 0 Å². The molecule has 7 rings (SSSR count). The van der Waals surface area contributed by atoms with Gasteiger partial charge in [0.25, 0.3) is 5.69 Å². The van der Waals surface area contributed by atoms with Crippen LogP contribution < -0.4 is 5.32 Å². The second-order valence-electron chi connectivity index (χ2n) is 8.99. The molecular weight excluding hydrogens is 514 g/mol. The number of hydrogen-bond donors (Lipinski definition) is 1. The molecule has 3 aromatic rings. The number of benzene rings is 3. The summed E-state index contributed by atoms with van der Waals surface area (Å²) in [7, 11) is 0. The van der Waals surface area contributed by atoms with E-state index in [2.05, 4.69) is 21.2 Å². The van der Waals surface area contributed by atoms with E-state index in [-0.39, 0.29) is 23.2 Å². The molecule has 2 atom stereocenters. The highest BCUT2D eigenvalue weighted by Gasteiger charge is 2.67. The molecule has 3 aliphatic carbocycles. The predicted octanol–water partition coefficient (Wildman–Crippen LogP) is 3.93. The summed E-state index contributed by atoms with van der Waals surface area (Å²) in [5.74, 6) is -2.98. The Balaban J connectivity index is 1.35. The van der Waals surface area contributed by atoms with Crippen molar-refractivity contribution in [3.63, 3.8) is 0 Å². The summed E-state index contributed by atoms with van der Waals surface area (Å²) in [4.78, 5) is 51.6. The van der Waals surface area contributed by atoms with Gasteiger partial charge in [-0.2, -0.15) is 0 Å². The molecule has 4 aliphatic rings. The predicted molar refractivity (Wildman–Crippen MR) is 130 cm³/mol. The van der Waals surface area contributed by atoms with Crippen LogP contribution in [0.4, 0.5) is 11.4 Å². The summed E-state index contributed by atoms with van der Waals surface area (Å²) in [6.07, 6.45) is 0. The number of amides is 3. The van der Waals surface area contributed by atoms with Gasteiger partial charge in [-0.25, -0.2) is 0 Å². The van der Waals surface area contributed by atoms with Gasteiger partial charge in [0.2, 0.25) is 17.7 Å². The number of rotatable bonds is 4. The van der Waals surface area contributed by atoms with Crippen molar-refractivity contribution in [3.05, 3.63) is 105 Å². The van der Waals surface area contributed by atoms with Gasteiger partial charge in [0.15, 0.2) is 0 Å². The molecule has 0 radical (unpaired) electrons. The number of carbonyl (C=O) groups is 3. The maximum Gasteiger partial charge on any atom is 0.271 e. The number of nitrogens with zero attached hydrogens (tertiary/aromatic N) is 2. The van der Waals surface area contributed by atoms with E-state index in [1.54, 1.807) is 0 Å². The zero-order valence-corrected chi connectivity index (χ0v) is 19.8. The normalized spacial score (nSPS) is 25.6. The van der Waals surface area contributed by atoms with Crippen LogP contribution in [0.3, 0.4) is 0 Å². The molecule has 1 fully saturated rings. The zero-order valence-electron chi connectivity index (χ0n) is 18.2. The molecule has 9 heteroatoms. The molecule has 1 N–H and O–H groups in total. The highest BCUT2D eigenvalue weighted by molar-refractivity contribution is 9.09. The lowest BCUT2D eigenvalue weighted by atomic mass is 9.55. The number of carbonyl (C=O) groups excluding carboxylic acids is 3. The minimum absolute atomic E-state index is 0.171. The van der Waals surface area contributed by atoms with Crippen molar-refractivity contribution >= 4 is 45.0 Å². The van der Waals surface area contributed by atoms with Crippen molar-refractivity contribution < 1.29 is 19.3 Å². The molecule has 8 nitrogen and oxygen atoms in total. The monoisotopic (exact) mass is 531 g/mol. The van der Waals surface area contributed by atoms with Crippen LogP contribution in [0, 0.1) is 22.0 Å². The number of likely N-dealkylation sites (tertiary alicyclic amines) is 1. The van der Waals surface area contributed by atoms with Gasteiger partial charge in [0.1, 0.15) is 6.54 Å². The minimum atomic E-state index is -0.877. The number of imide groups is 1. The number of anilines is 1. The smallest absolute Gasteiger partial charge is 0.271 e. The van der Waals surface area contributed by atoms with Crippen LogP contribution in [0.25, 0.3) is 0 Å². The average molecular weight is 532 g/mol. The second-order valence-corrected chi connectivity index (χ2v) is 10.2. The van der Waals surface area contributed by atoms with E-state index in [0.29, 0.717) is 0 Å². The van der Waals surface area contributed by atoms with E-state index in [1.165, 1.54) is 24.3 Å². The van der Waals surface area contributed by atoms with Gasteiger partial charge < -0.3 is 5.32 Å². The Bertz CT molecular complexity index is 1410. The quantitative estimate of drug-likeness (QED) is 0.237. The molecule has 174 valence electrons.